The van der Waals surface area contributed by atoms with E-state index in [1.165, 1.54) is 11.8 Å². The van der Waals surface area contributed by atoms with E-state index in [0.29, 0.717) is 12.4 Å². The van der Waals surface area contributed by atoms with Crippen molar-refractivity contribution >= 4 is 11.8 Å². The summed E-state index contributed by atoms with van der Waals surface area (Å²) in [7, 11) is 0. The van der Waals surface area contributed by atoms with E-state index in [1.807, 2.05) is 6.26 Å². The van der Waals surface area contributed by atoms with Crippen LogP contribution in [0.2, 0.25) is 0 Å². The van der Waals surface area contributed by atoms with E-state index in [2.05, 4.69) is 16.5 Å². The number of ether oxygens (including phenoxy) is 1. The number of hydrogen-bond acceptors (Lipinski definition) is 4. The molecule has 3 nitrogen and oxygen atoms in total. The van der Waals surface area contributed by atoms with Crippen LogP contribution in [0, 0.1) is 0 Å². The van der Waals surface area contributed by atoms with E-state index in [9.17, 15) is 0 Å². The van der Waals surface area contributed by atoms with E-state index in [1.54, 1.807) is 18.5 Å². The SMILES string of the molecule is C=CCOc1cnc(SC)nc1. The summed E-state index contributed by atoms with van der Waals surface area (Å²) >= 11 is 1.50. The summed E-state index contributed by atoms with van der Waals surface area (Å²) in [6.45, 7) is 4.03. The number of thioether (sulfide) groups is 1. The number of rotatable bonds is 4. The molecular formula is C8H10N2OS. The highest BCUT2D eigenvalue weighted by molar-refractivity contribution is 7.98. The molecule has 4 heteroatoms. The Labute approximate surface area is 75.9 Å². The first-order valence-electron chi connectivity index (χ1n) is 3.46. The minimum Gasteiger partial charge on any atom is -0.486 e. The molecule has 0 saturated heterocycles. The fraction of sp³-hybridized carbons (Fsp3) is 0.250. The second-order valence-corrected chi connectivity index (χ2v) is 2.78. The van der Waals surface area contributed by atoms with Crippen LogP contribution in [-0.2, 0) is 0 Å². The smallest absolute Gasteiger partial charge is 0.187 e. The molecule has 0 unspecified atom stereocenters. The Morgan fingerprint density at radius 2 is 2.25 bits per heavy atom. The molecule has 0 aromatic carbocycles. The normalized spacial score (nSPS) is 9.42. The summed E-state index contributed by atoms with van der Waals surface area (Å²) in [5.74, 6) is 0.674. The van der Waals surface area contributed by atoms with Crippen molar-refractivity contribution in [3.8, 4) is 5.75 Å². The average Bonchev–Trinajstić information content (AvgIpc) is 2.15. The van der Waals surface area contributed by atoms with Gasteiger partial charge < -0.3 is 4.74 Å². The van der Waals surface area contributed by atoms with Crippen LogP contribution < -0.4 is 4.74 Å². The first-order valence-corrected chi connectivity index (χ1v) is 4.69. The molecule has 0 atom stereocenters. The average molecular weight is 182 g/mol. The summed E-state index contributed by atoms with van der Waals surface area (Å²) in [4.78, 5) is 8.09. The lowest BCUT2D eigenvalue weighted by Crippen LogP contribution is -1.94. The zero-order valence-corrected chi connectivity index (χ0v) is 7.67. The Hall–Kier alpha value is -1.03. The van der Waals surface area contributed by atoms with Crippen molar-refractivity contribution in [1.82, 2.24) is 9.97 Å². The van der Waals surface area contributed by atoms with Crippen molar-refractivity contribution in [3.05, 3.63) is 25.0 Å². The van der Waals surface area contributed by atoms with E-state index in [0.717, 1.165) is 5.16 Å². The van der Waals surface area contributed by atoms with Gasteiger partial charge in [-0.25, -0.2) is 9.97 Å². The van der Waals surface area contributed by atoms with Crippen molar-refractivity contribution in [3.63, 3.8) is 0 Å². The Kier molecular flexibility index (Phi) is 3.60. The first-order chi connectivity index (χ1) is 5.86. The predicted octanol–water partition coefficient (Wildman–Crippen LogP) is 1.76. The standard InChI is InChI=1S/C8H10N2OS/c1-3-4-11-7-5-9-8(12-2)10-6-7/h3,5-6H,1,4H2,2H3. The van der Waals surface area contributed by atoms with E-state index < -0.39 is 0 Å². The lowest BCUT2D eigenvalue weighted by atomic mass is 10.6. The van der Waals surface area contributed by atoms with Crippen LogP contribution >= 0.6 is 11.8 Å². The summed E-state index contributed by atoms with van der Waals surface area (Å²) in [6.07, 6.45) is 6.92. The maximum Gasteiger partial charge on any atom is 0.187 e. The van der Waals surface area contributed by atoms with Gasteiger partial charge in [0.25, 0.3) is 0 Å². The quantitative estimate of drug-likeness (QED) is 0.404. The molecule has 0 saturated carbocycles. The van der Waals surface area contributed by atoms with Crippen molar-refractivity contribution in [2.24, 2.45) is 0 Å². The monoisotopic (exact) mass is 182 g/mol. The largest absolute Gasteiger partial charge is 0.486 e. The second-order valence-electron chi connectivity index (χ2n) is 2.01. The second kappa shape index (κ2) is 4.77. The van der Waals surface area contributed by atoms with Crippen LogP contribution in [0.15, 0.2) is 30.2 Å². The lowest BCUT2D eigenvalue weighted by Gasteiger charge is -2.01. The molecule has 0 aliphatic heterocycles. The molecule has 0 amide bonds. The van der Waals surface area contributed by atoms with Gasteiger partial charge in [-0.15, -0.1) is 0 Å². The third kappa shape index (κ3) is 2.54. The Morgan fingerprint density at radius 1 is 1.58 bits per heavy atom. The summed E-state index contributed by atoms with van der Waals surface area (Å²) < 4.78 is 5.20. The molecule has 0 spiro atoms. The molecule has 0 fully saturated rings. The molecule has 0 aliphatic rings. The van der Waals surface area contributed by atoms with E-state index in [4.69, 9.17) is 4.74 Å². The van der Waals surface area contributed by atoms with Gasteiger partial charge >= 0.3 is 0 Å². The number of nitrogens with zero attached hydrogens (tertiary/aromatic N) is 2. The van der Waals surface area contributed by atoms with Crippen LogP contribution in [0.1, 0.15) is 0 Å². The topological polar surface area (TPSA) is 35.0 Å². The Morgan fingerprint density at radius 3 is 2.75 bits per heavy atom. The summed E-state index contributed by atoms with van der Waals surface area (Å²) in [6, 6.07) is 0. The zero-order valence-electron chi connectivity index (χ0n) is 6.86. The van der Waals surface area contributed by atoms with Gasteiger partial charge in [-0.1, -0.05) is 24.4 Å². The molecule has 1 aromatic heterocycles. The maximum absolute atomic E-state index is 5.20. The molecule has 1 rings (SSSR count). The van der Waals surface area contributed by atoms with Crippen molar-refractivity contribution in [1.29, 1.82) is 0 Å². The highest BCUT2D eigenvalue weighted by Crippen LogP contribution is 2.11. The fourth-order valence-corrected chi connectivity index (χ4v) is 0.956. The molecule has 0 N–H and O–H groups in total. The molecule has 0 bridgehead atoms. The van der Waals surface area contributed by atoms with Crippen molar-refractivity contribution in [2.75, 3.05) is 12.9 Å². The lowest BCUT2D eigenvalue weighted by molar-refractivity contribution is 0.359. The zero-order chi connectivity index (χ0) is 8.81. The number of aromatic nitrogens is 2. The van der Waals surface area contributed by atoms with Gasteiger partial charge in [0, 0.05) is 0 Å². The third-order valence-corrected chi connectivity index (χ3v) is 1.73. The first kappa shape index (κ1) is 9.06. The van der Waals surface area contributed by atoms with Crippen molar-refractivity contribution < 1.29 is 4.74 Å². The predicted molar refractivity (Wildman–Crippen MR) is 49.5 cm³/mol. The van der Waals surface area contributed by atoms with Gasteiger partial charge in [0.1, 0.15) is 6.61 Å². The molecule has 0 aliphatic carbocycles. The van der Waals surface area contributed by atoms with Gasteiger partial charge in [-0.2, -0.15) is 0 Å². The highest BCUT2D eigenvalue weighted by Gasteiger charge is 1.94. The minimum absolute atomic E-state index is 0.488. The minimum atomic E-state index is 0.488. The molecule has 64 valence electrons. The molecular weight excluding hydrogens is 172 g/mol. The van der Waals surface area contributed by atoms with E-state index in [-0.39, 0.29) is 0 Å². The van der Waals surface area contributed by atoms with Gasteiger partial charge in [0.2, 0.25) is 0 Å². The highest BCUT2D eigenvalue weighted by atomic mass is 32.2. The van der Waals surface area contributed by atoms with Crippen LogP contribution in [-0.4, -0.2) is 22.8 Å². The fourth-order valence-electron chi connectivity index (χ4n) is 0.639. The number of hydrogen-bond donors (Lipinski definition) is 0. The van der Waals surface area contributed by atoms with Crippen LogP contribution in [0.3, 0.4) is 0 Å². The molecule has 12 heavy (non-hydrogen) atoms. The molecule has 1 heterocycles. The summed E-state index contributed by atoms with van der Waals surface area (Å²) in [5, 5.41) is 0.751. The van der Waals surface area contributed by atoms with Crippen LogP contribution in [0.25, 0.3) is 0 Å². The van der Waals surface area contributed by atoms with Gasteiger partial charge in [0.15, 0.2) is 10.9 Å². The van der Waals surface area contributed by atoms with Crippen LogP contribution in [0.4, 0.5) is 0 Å². The maximum atomic E-state index is 5.20. The van der Waals surface area contributed by atoms with Crippen molar-refractivity contribution in [2.45, 2.75) is 5.16 Å². The van der Waals surface area contributed by atoms with Crippen LogP contribution in [0.5, 0.6) is 5.75 Å². The van der Waals surface area contributed by atoms with Gasteiger partial charge in [-0.05, 0) is 6.26 Å². The van der Waals surface area contributed by atoms with E-state index >= 15 is 0 Å². The van der Waals surface area contributed by atoms with Gasteiger partial charge in [0.05, 0.1) is 12.4 Å². The Balaban J connectivity index is 2.58. The molecule has 0 radical (unpaired) electrons. The van der Waals surface area contributed by atoms with Gasteiger partial charge in [-0.3, -0.25) is 0 Å². The Bertz CT molecular complexity index is 248. The molecule has 1 aromatic rings. The summed E-state index contributed by atoms with van der Waals surface area (Å²) in [5.41, 5.74) is 0. The third-order valence-electron chi connectivity index (χ3n) is 1.15.